The fraction of sp³-hybridized carbons (Fsp3) is 0.143. The Balaban J connectivity index is 1.72. The number of likely N-dealkylation sites (tertiary alicyclic amines) is 1. The van der Waals surface area contributed by atoms with E-state index in [-0.39, 0.29) is 5.91 Å². The van der Waals surface area contributed by atoms with Gasteiger partial charge in [0, 0.05) is 41.5 Å². The van der Waals surface area contributed by atoms with Gasteiger partial charge in [-0.1, -0.05) is 41.9 Å². The molecule has 0 spiro atoms. The van der Waals surface area contributed by atoms with Gasteiger partial charge in [0.1, 0.15) is 0 Å². The van der Waals surface area contributed by atoms with Crippen molar-refractivity contribution in [1.82, 2.24) is 14.7 Å². The molecule has 0 radical (unpaired) electrons. The van der Waals surface area contributed by atoms with Crippen LogP contribution >= 0.6 is 11.6 Å². The molecule has 4 rings (SSSR count). The molecule has 3 aromatic rings. The van der Waals surface area contributed by atoms with Crippen molar-refractivity contribution in [3.8, 4) is 16.9 Å². The summed E-state index contributed by atoms with van der Waals surface area (Å²) in [5.74, 6) is 0.0470. The number of hydrogen-bond acceptors (Lipinski definition) is 2. The first-order valence-corrected chi connectivity index (χ1v) is 8.96. The van der Waals surface area contributed by atoms with Gasteiger partial charge in [-0.05, 0) is 36.8 Å². The lowest BCUT2D eigenvalue weighted by atomic mass is 10.1. The molecule has 0 atom stereocenters. The number of para-hydroxylation sites is 1. The highest BCUT2D eigenvalue weighted by molar-refractivity contribution is 6.30. The molecule has 1 aromatic heterocycles. The van der Waals surface area contributed by atoms with Crippen LogP contribution in [0.15, 0.2) is 66.9 Å². The fourth-order valence-electron chi connectivity index (χ4n) is 2.86. The van der Waals surface area contributed by atoms with Crippen LogP contribution in [0.5, 0.6) is 0 Å². The molecule has 5 heteroatoms. The molecule has 2 aromatic carbocycles. The molecule has 1 amide bonds. The Morgan fingerprint density at radius 3 is 2.42 bits per heavy atom. The Hall–Kier alpha value is -2.85. The van der Waals surface area contributed by atoms with Gasteiger partial charge in [-0.25, -0.2) is 4.68 Å². The Labute approximate surface area is 157 Å². The summed E-state index contributed by atoms with van der Waals surface area (Å²) in [5.41, 5.74) is 3.64. The summed E-state index contributed by atoms with van der Waals surface area (Å²) in [6, 6.07) is 17.5. The average molecular weight is 364 g/mol. The first-order chi connectivity index (χ1) is 12.7. The molecule has 1 aliphatic rings. The standard InChI is InChI=1S/C21H18ClN3O/c22-18-10-7-16(8-11-18)21-17(9-12-20(26)24-13-4-14-24)15-25(23-21)19-5-2-1-3-6-19/h1-3,5-12,15H,4,13-14H2/b12-9+. The monoisotopic (exact) mass is 363 g/mol. The summed E-state index contributed by atoms with van der Waals surface area (Å²) in [5, 5.41) is 5.42. The van der Waals surface area contributed by atoms with Crippen molar-refractivity contribution in [2.45, 2.75) is 6.42 Å². The molecule has 0 unspecified atom stereocenters. The molecule has 26 heavy (non-hydrogen) atoms. The van der Waals surface area contributed by atoms with Gasteiger partial charge in [0.05, 0.1) is 11.4 Å². The van der Waals surface area contributed by atoms with E-state index in [0.717, 1.165) is 42.0 Å². The van der Waals surface area contributed by atoms with Crippen LogP contribution in [0.4, 0.5) is 0 Å². The summed E-state index contributed by atoms with van der Waals surface area (Å²) in [6.45, 7) is 1.69. The fourth-order valence-corrected chi connectivity index (χ4v) is 2.98. The normalized spacial score (nSPS) is 13.8. The zero-order valence-corrected chi connectivity index (χ0v) is 14.9. The Morgan fingerprint density at radius 2 is 1.77 bits per heavy atom. The van der Waals surface area contributed by atoms with E-state index >= 15 is 0 Å². The zero-order chi connectivity index (χ0) is 17.9. The molecule has 0 aliphatic carbocycles. The van der Waals surface area contributed by atoms with E-state index in [1.54, 1.807) is 6.08 Å². The van der Waals surface area contributed by atoms with Gasteiger partial charge in [-0.15, -0.1) is 0 Å². The number of carbonyl (C=O) groups is 1. The van der Waals surface area contributed by atoms with Gasteiger partial charge >= 0.3 is 0 Å². The second-order valence-electron chi connectivity index (χ2n) is 6.23. The van der Waals surface area contributed by atoms with E-state index in [4.69, 9.17) is 16.7 Å². The van der Waals surface area contributed by atoms with Crippen LogP contribution in [0.3, 0.4) is 0 Å². The quantitative estimate of drug-likeness (QED) is 0.643. The molecule has 1 saturated heterocycles. The number of aromatic nitrogens is 2. The molecule has 2 heterocycles. The highest BCUT2D eigenvalue weighted by atomic mass is 35.5. The van der Waals surface area contributed by atoms with Crippen molar-refractivity contribution >= 4 is 23.6 Å². The van der Waals surface area contributed by atoms with Gasteiger partial charge in [0.25, 0.3) is 0 Å². The average Bonchev–Trinajstić information content (AvgIpc) is 3.04. The lowest BCUT2D eigenvalue weighted by Crippen LogP contribution is -2.40. The lowest BCUT2D eigenvalue weighted by Gasteiger charge is -2.29. The number of amides is 1. The van der Waals surface area contributed by atoms with Crippen LogP contribution in [0.2, 0.25) is 5.02 Å². The van der Waals surface area contributed by atoms with Gasteiger partial charge in [0.2, 0.25) is 5.91 Å². The van der Waals surface area contributed by atoms with Crippen molar-refractivity contribution in [1.29, 1.82) is 0 Å². The third kappa shape index (κ3) is 3.41. The van der Waals surface area contributed by atoms with E-state index in [1.807, 2.05) is 76.5 Å². The van der Waals surface area contributed by atoms with E-state index in [9.17, 15) is 4.79 Å². The van der Waals surface area contributed by atoms with Gasteiger partial charge in [0.15, 0.2) is 0 Å². The summed E-state index contributed by atoms with van der Waals surface area (Å²) in [4.78, 5) is 14.0. The van der Waals surface area contributed by atoms with Crippen LogP contribution in [-0.4, -0.2) is 33.7 Å². The number of carbonyl (C=O) groups excluding carboxylic acids is 1. The molecule has 0 bridgehead atoms. The lowest BCUT2D eigenvalue weighted by molar-refractivity contribution is -0.129. The Morgan fingerprint density at radius 1 is 1.04 bits per heavy atom. The van der Waals surface area contributed by atoms with Crippen LogP contribution < -0.4 is 0 Å². The van der Waals surface area contributed by atoms with E-state index in [2.05, 4.69) is 0 Å². The first kappa shape index (κ1) is 16.6. The maximum Gasteiger partial charge on any atom is 0.246 e. The molecular formula is C21H18ClN3O. The summed E-state index contributed by atoms with van der Waals surface area (Å²) >= 11 is 6.01. The Bertz CT molecular complexity index is 941. The molecule has 130 valence electrons. The second kappa shape index (κ2) is 7.18. The topological polar surface area (TPSA) is 38.1 Å². The summed E-state index contributed by atoms with van der Waals surface area (Å²) in [7, 11) is 0. The van der Waals surface area contributed by atoms with Crippen LogP contribution in [0, 0.1) is 0 Å². The van der Waals surface area contributed by atoms with Gasteiger partial charge in [-0.3, -0.25) is 4.79 Å². The van der Waals surface area contributed by atoms with Crippen molar-refractivity contribution in [2.75, 3.05) is 13.1 Å². The van der Waals surface area contributed by atoms with Crippen LogP contribution in [0.25, 0.3) is 23.0 Å². The Kier molecular flexibility index (Phi) is 4.59. The van der Waals surface area contributed by atoms with Crippen molar-refractivity contribution in [3.05, 3.63) is 77.5 Å². The first-order valence-electron chi connectivity index (χ1n) is 8.59. The van der Waals surface area contributed by atoms with Crippen molar-refractivity contribution < 1.29 is 4.79 Å². The third-order valence-electron chi connectivity index (χ3n) is 4.45. The van der Waals surface area contributed by atoms with Gasteiger partial charge in [-0.2, -0.15) is 5.10 Å². The smallest absolute Gasteiger partial charge is 0.246 e. The maximum atomic E-state index is 12.2. The number of benzene rings is 2. The highest BCUT2D eigenvalue weighted by Gasteiger charge is 2.18. The second-order valence-corrected chi connectivity index (χ2v) is 6.67. The summed E-state index contributed by atoms with van der Waals surface area (Å²) in [6.07, 6.45) is 6.50. The number of hydrogen-bond donors (Lipinski definition) is 0. The largest absolute Gasteiger partial charge is 0.339 e. The molecule has 4 nitrogen and oxygen atoms in total. The SMILES string of the molecule is O=C(/C=C/c1cn(-c2ccccc2)nc1-c1ccc(Cl)cc1)N1CCC1. The predicted molar refractivity (Wildman–Crippen MR) is 104 cm³/mol. The molecular weight excluding hydrogens is 346 g/mol. The minimum Gasteiger partial charge on any atom is -0.339 e. The molecule has 0 saturated carbocycles. The number of halogens is 1. The minimum atomic E-state index is 0.0470. The van der Waals surface area contributed by atoms with Gasteiger partial charge < -0.3 is 4.90 Å². The van der Waals surface area contributed by atoms with Crippen molar-refractivity contribution in [3.63, 3.8) is 0 Å². The minimum absolute atomic E-state index is 0.0470. The molecule has 1 fully saturated rings. The third-order valence-corrected chi connectivity index (χ3v) is 4.71. The van der Waals surface area contributed by atoms with E-state index in [1.165, 1.54) is 0 Å². The maximum absolute atomic E-state index is 12.2. The molecule has 0 N–H and O–H groups in total. The molecule has 1 aliphatic heterocycles. The number of rotatable bonds is 4. The van der Waals surface area contributed by atoms with Crippen molar-refractivity contribution in [2.24, 2.45) is 0 Å². The summed E-state index contributed by atoms with van der Waals surface area (Å²) < 4.78 is 1.83. The predicted octanol–water partition coefficient (Wildman–Crippen LogP) is 4.44. The highest BCUT2D eigenvalue weighted by Crippen LogP contribution is 2.26. The van der Waals surface area contributed by atoms with E-state index < -0.39 is 0 Å². The van der Waals surface area contributed by atoms with Crippen LogP contribution in [0.1, 0.15) is 12.0 Å². The number of nitrogens with zero attached hydrogens (tertiary/aromatic N) is 3. The van der Waals surface area contributed by atoms with Crippen LogP contribution in [-0.2, 0) is 4.79 Å². The zero-order valence-electron chi connectivity index (χ0n) is 14.2. The van der Waals surface area contributed by atoms with E-state index in [0.29, 0.717) is 5.02 Å².